The number of aliphatic imine (C=N–C) groups is 1. The molecule has 0 unspecified atom stereocenters. The molecule has 0 aromatic carbocycles. The molecule has 0 saturated heterocycles. The number of hydrogen-bond acceptors (Lipinski definition) is 4. The molecule has 0 fully saturated rings. The van der Waals surface area contributed by atoms with Crippen LogP contribution in [0.3, 0.4) is 0 Å². The van der Waals surface area contributed by atoms with Gasteiger partial charge in [0.15, 0.2) is 0 Å². The Bertz CT molecular complexity index is 222. The van der Waals surface area contributed by atoms with Gasteiger partial charge in [-0.05, 0) is 33.4 Å². The van der Waals surface area contributed by atoms with Crippen molar-refractivity contribution < 1.29 is 4.74 Å². The highest BCUT2D eigenvalue weighted by Gasteiger charge is 2.15. The van der Waals surface area contributed by atoms with Crippen molar-refractivity contribution in [1.82, 2.24) is 10.7 Å². The van der Waals surface area contributed by atoms with E-state index in [9.17, 15) is 0 Å². The highest BCUT2D eigenvalue weighted by molar-refractivity contribution is 7.99. The van der Waals surface area contributed by atoms with E-state index in [0.717, 1.165) is 32.7 Å². The molecule has 0 radical (unpaired) electrons. The quantitative estimate of drug-likeness (QED) is 0.200. The van der Waals surface area contributed by atoms with Gasteiger partial charge >= 0.3 is 0 Å². The monoisotopic (exact) mass is 262 g/mol. The molecule has 0 heterocycles. The molecular formula is C11H26N4OS. The van der Waals surface area contributed by atoms with Crippen LogP contribution in [-0.2, 0) is 4.74 Å². The molecule has 0 aliphatic rings. The van der Waals surface area contributed by atoms with Crippen LogP contribution >= 0.6 is 11.8 Å². The zero-order valence-electron chi connectivity index (χ0n) is 11.4. The molecule has 0 amide bonds. The third kappa shape index (κ3) is 9.26. The molecule has 0 aromatic heterocycles. The summed E-state index contributed by atoms with van der Waals surface area (Å²) in [6.07, 6.45) is 3.03. The highest BCUT2D eigenvalue weighted by Crippen LogP contribution is 2.20. The lowest BCUT2D eigenvalue weighted by molar-refractivity contribution is 0.145. The minimum Gasteiger partial charge on any atom is -0.382 e. The van der Waals surface area contributed by atoms with Crippen LogP contribution < -0.4 is 16.6 Å². The molecule has 0 atom stereocenters. The first kappa shape index (κ1) is 16.5. The standard InChI is InChI=1S/C11H26N4OS/c1-5-16-8-6-7-13-10(15-12)14-9-11(2,3)17-4/h5-9,12H2,1-4H3,(H2,13,14,15). The van der Waals surface area contributed by atoms with Crippen molar-refractivity contribution in [2.45, 2.75) is 31.9 Å². The van der Waals surface area contributed by atoms with Gasteiger partial charge in [-0.2, -0.15) is 11.8 Å². The molecular weight excluding hydrogens is 236 g/mol. The largest absolute Gasteiger partial charge is 0.382 e. The molecule has 0 spiro atoms. The van der Waals surface area contributed by atoms with Gasteiger partial charge in [-0.1, -0.05) is 0 Å². The van der Waals surface area contributed by atoms with E-state index in [1.165, 1.54) is 0 Å². The number of hydrazine groups is 1. The lowest BCUT2D eigenvalue weighted by Gasteiger charge is -2.19. The van der Waals surface area contributed by atoms with Crippen LogP contribution in [0.2, 0.25) is 0 Å². The minimum atomic E-state index is 0.134. The van der Waals surface area contributed by atoms with Crippen LogP contribution in [0.15, 0.2) is 4.99 Å². The number of nitrogens with zero attached hydrogens (tertiary/aromatic N) is 1. The molecule has 0 rings (SSSR count). The van der Waals surface area contributed by atoms with E-state index < -0.39 is 0 Å². The second kappa shape index (κ2) is 9.56. The van der Waals surface area contributed by atoms with E-state index in [2.05, 4.69) is 35.8 Å². The Labute approximate surface area is 109 Å². The fourth-order valence-electron chi connectivity index (χ4n) is 1.01. The molecule has 4 N–H and O–H groups in total. The van der Waals surface area contributed by atoms with E-state index in [0.29, 0.717) is 5.96 Å². The van der Waals surface area contributed by atoms with Gasteiger partial charge in [-0.3, -0.25) is 10.4 Å². The molecule has 6 heteroatoms. The van der Waals surface area contributed by atoms with Gasteiger partial charge in [0.1, 0.15) is 0 Å². The Kier molecular flexibility index (Phi) is 9.30. The summed E-state index contributed by atoms with van der Waals surface area (Å²) in [7, 11) is 0. The van der Waals surface area contributed by atoms with Gasteiger partial charge < -0.3 is 10.1 Å². The molecule has 0 aromatic rings. The maximum Gasteiger partial charge on any atom is 0.205 e. The van der Waals surface area contributed by atoms with Crippen LogP contribution in [0.5, 0.6) is 0 Å². The molecule has 102 valence electrons. The number of rotatable bonds is 8. The molecule has 0 aliphatic carbocycles. The second-order valence-corrected chi connectivity index (χ2v) is 5.76. The van der Waals surface area contributed by atoms with Crippen molar-refractivity contribution in [3.8, 4) is 0 Å². The lowest BCUT2D eigenvalue weighted by Crippen LogP contribution is -2.43. The number of thioether (sulfide) groups is 1. The first-order valence-corrected chi connectivity index (χ1v) is 7.16. The topological polar surface area (TPSA) is 71.7 Å². The molecule has 0 saturated carbocycles. The van der Waals surface area contributed by atoms with Crippen molar-refractivity contribution in [1.29, 1.82) is 0 Å². The maximum absolute atomic E-state index is 5.40. The number of nitrogens with two attached hydrogens (primary N) is 1. The number of nitrogens with one attached hydrogen (secondary N) is 2. The molecule has 5 nitrogen and oxygen atoms in total. The van der Waals surface area contributed by atoms with E-state index in [1.807, 2.05) is 6.92 Å². The SMILES string of the molecule is CCOCCCNC(=NCC(C)(C)SC)NN. The van der Waals surface area contributed by atoms with Crippen molar-refractivity contribution >= 4 is 17.7 Å². The first-order valence-electron chi connectivity index (χ1n) is 5.93. The Morgan fingerprint density at radius 2 is 2.18 bits per heavy atom. The summed E-state index contributed by atoms with van der Waals surface area (Å²) in [5, 5.41) is 3.15. The number of guanidine groups is 1. The summed E-state index contributed by atoms with van der Waals surface area (Å²) in [5.74, 6) is 6.05. The van der Waals surface area contributed by atoms with Crippen molar-refractivity contribution in [2.75, 3.05) is 32.6 Å². The van der Waals surface area contributed by atoms with Gasteiger partial charge in [0.05, 0.1) is 6.54 Å². The third-order valence-electron chi connectivity index (χ3n) is 2.27. The normalized spacial score (nSPS) is 12.6. The van der Waals surface area contributed by atoms with Crippen molar-refractivity contribution in [3.05, 3.63) is 0 Å². The van der Waals surface area contributed by atoms with E-state index in [1.54, 1.807) is 11.8 Å². The summed E-state index contributed by atoms with van der Waals surface area (Å²) in [4.78, 5) is 4.41. The Hall–Kier alpha value is -0.460. The van der Waals surface area contributed by atoms with Gasteiger partial charge in [0.25, 0.3) is 0 Å². The average molecular weight is 262 g/mol. The fourth-order valence-corrected chi connectivity index (χ4v) is 1.21. The van der Waals surface area contributed by atoms with Crippen LogP contribution in [0.25, 0.3) is 0 Å². The van der Waals surface area contributed by atoms with E-state index in [4.69, 9.17) is 10.6 Å². The summed E-state index contributed by atoms with van der Waals surface area (Å²) in [5.41, 5.74) is 2.58. The summed E-state index contributed by atoms with van der Waals surface area (Å²) >= 11 is 1.79. The number of hydrogen-bond donors (Lipinski definition) is 3. The van der Waals surface area contributed by atoms with Crippen LogP contribution in [0, 0.1) is 0 Å². The van der Waals surface area contributed by atoms with Gasteiger partial charge in [0.2, 0.25) is 5.96 Å². The Morgan fingerprint density at radius 3 is 2.71 bits per heavy atom. The summed E-state index contributed by atoms with van der Waals surface area (Å²) < 4.78 is 5.38. The maximum atomic E-state index is 5.40. The van der Waals surface area contributed by atoms with Gasteiger partial charge in [-0.15, -0.1) is 0 Å². The van der Waals surface area contributed by atoms with Crippen LogP contribution in [0.4, 0.5) is 0 Å². The zero-order valence-corrected chi connectivity index (χ0v) is 12.2. The van der Waals surface area contributed by atoms with Crippen molar-refractivity contribution in [3.63, 3.8) is 0 Å². The average Bonchev–Trinajstić information content (AvgIpc) is 2.32. The van der Waals surface area contributed by atoms with Gasteiger partial charge in [0, 0.05) is 24.5 Å². The Morgan fingerprint density at radius 1 is 1.47 bits per heavy atom. The first-order chi connectivity index (χ1) is 8.05. The van der Waals surface area contributed by atoms with Gasteiger partial charge in [-0.25, -0.2) is 5.84 Å². The Balaban J connectivity index is 3.86. The predicted octanol–water partition coefficient (Wildman–Crippen LogP) is 0.964. The molecule has 0 aliphatic heterocycles. The van der Waals surface area contributed by atoms with E-state index >= 15 is 0 Å². The summed E-state index contributed by atoms with van der Waals surface area (Å²) in [6.45, 7) is 9.37. The van der Waals surface area contributed by atoms with E-state index in [-0.39, 0.29) is 4.75 Å². The number of ether oxygens (including phenoxy) is 1. The minimum absolute atomic E-state index is 0.134. The third-order valence-corrected chi connectivity index (χ3v) is 3.50. The van der Waals surface area contributed by atoms with Crippen LogP contribution in [0.1, 0.15) is 27.2 Å². The smallest absolute Gasteiger partial charge is 0.205 e. The summed E-state index contributed by atoms with van der Waals surface area (Å²) in [6, 6.07) is 0. The molecule has 0 bridgehead atoms. The fraction of sp³-hybridized carbons (Fsp3) is 0.909. The van der Waals surface area contributed by atoms with Crippen molar-refractivity contribution in [2.24, 2.45) is 10.8 Å². The zero-order chi connectivity index (χ0) is 13.1. The highest BCUT2D eigenvalue weighted by atomic mass is 32.2. The molecule has 17 heavy (non-hydrogen) atoms. The second-order valence-electron chi connectivity index (χ2n) is 4.25. The lowest BCUT2D eigenvalue weighted by atomic mass is 10.2. The predicted molar refractivity (Wildman–Crippen MR) is 76.3 cm³/mol. The van der Waals surface area contributed by atoms with Crippen LogP contribution in [-0.4, -0.2) is 43.3 Å².